The Labute approximate surface area is 111 Å². The van der Waals surface area contributed by atoms with Crippen LogP contribution in [0, 0.1) is 12.8 Å². The lowest BCUT2D eigenvalue weighted by molar-refractivity contribution is -0.137. The third-order valence-corrected chi connectivity index (χ3v) is 2.81. The van der Waals surface area contributed by atoms with Gasteiger partial charge in [0.25, 0.3) is 5.91 Å². The maximum Gasteiger partial charge on any atom is 0.303 e. The lowest BCUT2D eigenvalue weighted by atomic mass is 10.1. The van der Waals surface area contributed by atoms with E-state index in [1.54, 1.807) is 25.1 Å². The number of aliphatic carboxylic acids is 1. The van der Waals surface area contributed by atoms with Crippen molar-refractivity contribution in [1.82, 2.24) is 5.32 Å². The van der Waals surface area contributed by atoms with E-state index in [0.29, 0.717) is 17.1 Å². The molecule has 0 bridgehead atoms. The maximum absolute atomic E-state index is 11.9. The molecule has 1 atom stereocenters. The Kier molecular flexibility index (Phi) is 5.16. The van der Waals surface area contributed by atoms with Crippen LogP contribution in [-0.2, 0) is 4.79 Å². The van der Waals surface area contributed by atoms with E-state index in [-0.39, 0.29) is 18.2 Å². The van der Waals surface area contributed by atoms with Crippen LogP contribution in [0.2, 0.25) is 5.02 Å². The molecule has 1 aromatic carbocycles. The number of carboxylic acids is 1. The Morgan fingerprint density at radius 1 is 1.44 bits per heavy atom. The van der Waals surface area contributed by atoms with Gasteiger partial charge in [0, 0.05) is 23.6 Å². The Morgan fingerprint density at radius 3 is 2.72 bits per heavy atom. The van der Waals surface area contributed by atoms with Crippen molar-refractivity contribution in [3.8, 4) is 0 Å². The molecule has 0 aromatic heterocycles. The second-order valence-corrected chi connectivity index (χ2v) is 4.81. The minimum absolute atomic E-state index is 0.0365. The molecule has 2 N–H and O–H groups in total. The molecule has 0 spiro atoms. The molecule has 1 aromatic rings. The van der Waals surface area contributed by atoms with E-state index < -0.39 is 5.97 Å². The molecule has 18 heavy (non-hydrogen) atoms. The summed E-state index contributed by atoms with van der Waals surface area (Å²) in [5.74, 6) is -1.20. The number of benzene rings is 1. The Bertz CT molecular complexity index is 460. The number of carbonyl (C=O) groups excluding carboxylic acids is 1. The highest BCUT2D eigenvalue weighted by Gasteiger charge is 2.12. The van der Waals surface area contributed by atoms with E-state index in [1.165, 1.54) is 0 Å². The van der Waals surface area contributed by atoms with E-state index in [4.69, 9.17) is 16.7 Å². The zero-order valence-electron chi connectivity index (χ0n) is 10.4. The van der Waals surface area contributed by atoms with Crippen molar-refractivity contribution in [3.63, 3.8) is 0 Å². The van der Waals surface area contributed by atoms with Gasteiger partial charge in [-0.1, -0.05) is 24.6 Å². The first-order chi connectivity index (χ1) is 8.40. The van der Waals surface area contributed by atoms with Crippen LogP contribution in [0.3, 0.4) is 0 Å². The first-order valence-corrected chi connectivity index (χ1v) is 6.04. The van der Waals surface area contributed by atoms with Crippen LogP contribution in [0.15, 0.2) is 18.2 Å². The molecular weight excluding hydrogens is 254 g/mol. The topological polar surface area (TPSA) is 66.4 Å². The average Bonchev–Trinajstić information content (AvgIpc) is 2.28. The molecule has 0 fully saturated rings. The predicted octanol–water partition coefficient (Wildman–Crippen LogP) is 2.49. The molecule has 0 aliphatic heterocycles. The smallest absolute Gasteiger partial charge is 0.303 e. The van der Waals surface area contributed by atoms with Gasteiger partial charge in [-0.15, -0.1) is 0 Å². The van der Waals surface area contributed by atoms with E-state index in [2.05, 4.69) is 5.32 Å². The van der Waals surface area contributed by atoms with Crippen LogP contribution in [0.5, 0.6) is 0 Å². The van der Waals surface area contributed by atoms with Crippen LogP contribution >= 0.6 is 11.6 Å². The summed E-state index contributed by atoms with van der Waals surface area (Å²) < 4.78 is 0. The largest absolute Gasteiger partial charge is 0.481 e. The highest BCUT2D eigenvalue weighted by molar-refractivity contribution is 6.31. The monoisotopic (exact) mass is 269 g/mol. The zero-order chi connectivity index (χ0) is 13.7. The van der Waals surface area contributed by atoms with Gasteiger partial charge in [-0.3, -0.25) is 9.59 Å². The van der Waals surface area contributed by atoms with Gasteiger partial charge >= 0.3 is 5.97 Å². The van der Waals surface area contributed by atoms with Crippen molar-refractivity contribution in [2.24, 2.45) is 5.92 Å². The SMILES string of the molecule is Cc1ccc(Cl)cc1C(=O)NCC(C)CC(=O)O. The summed E-state index contributed by atoms with van der Waals surface area (Å²) in [6.07, 6.45) is 0.0365. The van der Waals surface area contributed by atoms with Gasteiger partial charge in [0.1, 0.15) is 0 Å². The molecular formula is C13H16ClNO3. The Balaban J connectivity index is 2.60. The number of carbonyl (C=O) groups is 2. The fourth-order valence-corrected chi connectivity index (χ4v) is 1.74. The number of hydrogen-bond acceptors (Lipinski definition) is 2. The van der Waals surface area contributed by atoms with Gasteiger partial charge in [-0.2, -0.15) is 0 Å². The lowest BCUT2D eigenvalue weighted by Crippen LogP contribution is -2.29. The summed E-state index contributed by atoms with van der Waals surface area (Å²) in [4.78, 5) is 22.4. The zero-order valence-corrected chi connectivity index (χ0v) is 11.1. The highest BCUT2D eigenvalue weighted by Crippen LogP contribution is 2.15. The van der Waals surface area contributed by atoms with Gasteiger partial charge < -0.3 is 10.4 Å². The van der Waals surface area contributed by atoms with Crippen LogP contribution in [0.1, 0.15) is 29.3 Å². The Morgan fingerprint density at radius 2 is 2.11 bits per heavy atom. The molecule has 0 heterocycles. The normalized spacial score (nSPS) is 11.9. The molecule has 0 aliphatic rings. The molecule has 4 nitrogen and oxygen atoms in total. The van der Waals surface area contributed by atoms with Gasteiger partial charge in [0.05, 0.1) is 0 Å². The van der Waals surface area contributed by atoms with E-state index in [9.17, 15) is 9.59 Å². The van der Waals surface area contributed by atoms with Crippen LogP contribution in [0.4, 0.5) is 0 Å². The number of halogens is 1. The molecule has 0 aliphatic carbocycles. The van der Waals surface area contributed by atoms with Crippen LogP contribution in [-0.4, -0.2) is 23.5 Å². The average molecular weight is 270 g/mol. The second-order valence-electron chi connectivity index (χ2n) is 4.37. The molecule has 0 saturated carbocycles. The summed E-state index contributed by atoms with van der Waals surface area (Å²) in [6.45, 7) is 3.93. The van der Waals surface area contributed by atoms with Gasteiger partial charge in [-0.05, 0) is 30.5 Å². The molecule has 1 unspecified atom stereocenters. The lowest BCUT2D eigenvalue weighted by Gasteiger charge is -2.11. The van der Waals surface area contributed by atoms with Crippen LogP contribution < -0.4 is 5.32 Å². The third kappa shape index (κ3) is 4.37. The quantitative estimate of drug-likeness (QED) is 0.863. The van der Waals surface area contributed by atoms with Crippen LogP contribution in [0.25, 0.3) is 0 Å². The van der Waals surface area contributed by atoms with Gasteiger partial charge in [-0.25, -0.2) is 0 Å². The summed E-state index contributed by atoms with van der Waals surface area (Å²) in [7, 11) is 0. The Hall–Kier alpha value is -1.55. The number of aryl methyl sites for hydroxylation is 1. The van der Waals surface area contributed by atoms with E-state index >= 15 is 0 Å². The number of rotatable bonds is 5. The molecule has 98 valence electrons. The summed E-state index contributed by atoms with van der Waals surface area (Å²) in [5, 5.41) is 11.8. The van der Waals surface area contributed by atoms with Crippen molar-refractivity contribution < 1.29 is 14.7 Å². The maximum atomic E-state index is 11.9. The molecule has 5 heteroatoms. The number of amides is 1. The van der Waals surface area contributed by atoms with E-state index in [1.807, 2.05) is 6.92 Å². The molecule has 1 rings (SSSR count). The number of hydrogen-bond donors (Lipinski definition) is 2. The minimum atomic E-state index is -0.865. The third-order valence-electron chi connectivity index (χ3n) is 2.58. The fraction of sp³-hybridized carbons (Fsp3) is 0.385. The molecule has 0 radical (unpaired) electrons. The van der Waals surface area contributed by atoms with Gasteiger partial charge in [0.2, 0.25) is 0 Å². The van der Waals surface area contributed by atoms with Gasteiger partial charge in [0.15, 0.2) is 0 Å². The molecule has 0 saturated heterocycles. The highest BCUT2D eigenvalue weighted by atomic mass is 35.5. The van der Waals surface area contributed by atoms with Crippen molar-refractivity contribution in [2.75, 3.05) is 6.54 Å². The van der Waals surface area contributed by atoms with Crippen molar-refractivity contribution in [1.29, 1.82) is 0 Å². The second kappa shape index (κ2) is 6.40. The standard InChI is InChI=1S/C13H16ClNO3/c1-8(5-12(16)17)7-15-13(18)11-6-10(14)4-3-9(11)2/h3-4,6,8H,5,7H2,1-2H3,(H,15,18)(H,16,17). The fourth-order valence-electron chi connectivity index (χ4n) is 1.57. The van der Waals surface area contributed by atoms with Crippen molar-refractivity contribution in [3.05, 3.63) is 34.3 Å². The first kappa shape index (κ1) is 14.5. The predicted molar refractivity (Wildman–Crippen MR) is 69.9 cm³/mol. The van der Waals surface area contributed by atoms with Crippen molar-refractivity contribution in [2.45, 2.75) is 20.3 Å². The number of nitrogens with one attached hydrogen (secondary N) is 1. The van der Waals surface area contributed by atoms with Crippen molar-refractivity contribution >= 4 is 23.5 Å². The number of carboxylic acid groups (broad SMARTS) is 1. The first-order valence-electron chi connectivity index (χ1n) is 5.66. The minimum Gasteiger partial charge on any atom is -0.481 e. The summed E-state index contributed by atoms with van der Waals surface area (Å²) >= 11 is 5.83. The summed E-state index contributed by atoms with van der Waals surface area (Å²) in [5.41, 5.74) is 1.35. The van der Waals surface area contributed by atoms with E-state index in [0.717, 1.165) is 5.56 Å². The molecule has 1 amide bonds. The summed E-state index contributed by atoms with van der Waals surface area (Å²) in [6, 6.07) is 5.10.